The van der Waals surface area contributed by atoms with E-state index in [1.54, 1.807) is 0 Å². The molecule has 0 rings (SSSR count). The van der Waals surface area contributed by atoms with Crippen LogP contribution < -0.4 is 0 Å². The van der Waals surface area contributed by atoms with Crippen molar-refractivity contribution in [3.63, 3.8) is 0 Å². The topological polar surface area (TPSA) is 78.9 Å². The molecule has 0 saturated heterocycles. The van der Waals surface area contributed by atoms with Crippen molar-refractivity contribution >= 4 is 17.9 Å². The Hall–Kier alpha value is -1.59. The van der Waals surface area contributed by atoms with Crippen molar-refractivity contribution in [1.82, 2.24) is 0 Å². The molecule has 0 aliphatic carbocycles. The molecular formula is C50H96O6. The largest absolute Gasteiger partial charge is 0.462 e. The Morgan fingerprint density at radius 2 is 0.482 bits per heavy atom. The highest BCUT2D eigenvalue weighted by atomic mass is 16.6. The smallest absolute Gasteiger partial charge is 0.306 e. The zero-order valence-corrected chi connectivity index (χ0v) is 37.9. The van der Waals surface area contributed by atoms with E-state index in [-0.39, 0.29) is 31.1 Å². The fourth-order valence-corrected chi connectivity index (χ4v) is 7.56. The van der Waals surface area contributed by atoms with Gasteiger partial charge >= 0.3 is 17.9 Å². The zero-order valence-electron chi connectivity index (χ0n) is 37.9. The fourth-order valence-electron chi connectivity index (χ4n) is 7.56. The van der Waals surface area contributed by atoms with Gasteiger partial charge in [-0.2, -0.15) is 0 Å². The minimum atomic E-state index is -0.758. The number of hydrogen-bond donors (Lipinski definition) is 0. The molecule has 0 aromatic carbocycles. The number of hydrogen-bond acceptors (Lipinski definition) is 6. The predicted octanol–water partition coefficient (Wildman–Crippen LogP) is 16.0. The van der Waals surface area contributed by atoms with E-state index in [0.717, 1.165) is 57.8 Å². The van der Waals surface area contributed by atoms with E-state index >= 15 is 0 Å². The average molecular weight is 793 g/mol. The van der Waals surface area contributed by atoms with E-state index in [1.165, 1.54) is 186 Å². The van der Waals surface area contributed by atoms with Crippen LogP contribution in [-0.2, 0) is 28.6 Å². The molecule has 6 heteroatoms. The molecule has 0 radical (unpaired) electrons. The summed E-state index contributed by atoms with van der Waals surface area (Å²) in [6, 6.07) is 0. The molecule has 332 valence electrons. The summed E-state index contributed by atoms with van der Waals surface area (Å²) in [7, 11) is 0. The van der Waals surface area contributed by atoms with Crippen molar-refractivity contribution < 1.29 is 28.6 Å². The number of esters is 3. The molecule has 0 amide bonds. The van der Waals surface area contributed by atoms with Gasteiger partial charge in [0.2, 0.25) is 0 Å². The van der Waals surface area contributed by atoms with E-state index in [0.29, 0.717) is 19.3 Å². The van der Waals surface area contributed by atoms with Crippen molar-refractivity contribution in [3.8, 4) is 0 Å². The molecule has 0 unspecified atom stereocenters. The monoisotopic (exact) mass is 793 g/mol. The lowest BCUT2D eigenvalue weighted by atomic mass is 10.0. The van der Waals surface area contributed by atoms with Crippen molar-refractivity contribution in [1.29, 1.82) is 0 Å². The first-order valence-corrected chi connectivity index (χ1v) is 25.0. The fraction of sp³-hybridized carbons (Fsp3) is 0.940. The Morgan fingerprint density at radius 3 is 0.714 bits per heavy atom. The molecular weight excluding hydrogens is 697 g/mol. The number of carbonyl (C=O) groups is 3. The van der Waals surface area contributed by atoms with E-state index in [1.807, 2.05) is 0 Å². The van der Waals surface area contributed by atoms with Gasteiger partial charge in [-0.15, -0.1) is 0 Å². The molecule has 0 aromatic heterocycles. The summed E-state index contributed by atoms with van der Waals surface area (Å²) in [5.74, 6) is -0.848. The van der Waals surface area contributed by atoms with Gasteiger partial charge in [0.1, 0.15) is 13.2 Å². The maximum atomic E-state index is 12.8. The highest BCUT2D eigenvalue weighted by Gasteiger charge is 2.19. The molecule has 0 aromatic rings. The molecule has 56 heavy (non-hydrogen) atoms. The summed E-state index contributed by atoms with van der Waals surface area (Å²) in [6.07, 6.45) is 48.0. The van der Waals surface area contributed by atoms with Crippen molar-refractivity contribution in [2.75, 3.05) is 13.2 Å². The first-order valence-electron chi connectivity index (χ1n) is 25.0. The van der Waals surface area contributed by atoms with Gasteiger partial charge in [-0.1, -0.05) is 245 Å². The predicted molar refractivity (Wildman–Crippen MR) is 238 cm³/mol. The normalized spacial score (nSPS) is 11.8. The van der Waals surface area contributed by atoms with E-state index < -0.39 is 6.10 Å². The maximum Gasteiger partial charge on any atom is 0.306 e. The van der Waals surface area contributed by atoms with Crippen LogP contribution in [0.4, 0.5) is 0 Å². The van der Waals surface area contributed by atoms with Gasteiger partial charge in [-0.05, 0) is 19.3 Å². The Morgan fingerprint density at radius 1 is 0.286 bits per heavy atom. The van der Waals surface area contributed by atoms with Crippen molar-refractivity contribution in [2.24, 2.45) is 0 Å². The highest BCUT2D eigenvalue weighted by molar-refractivity contribution is 5.71. The number of carbonyl (C=O) groups excluding carboxylic acids is 3. The lowest BCUT2D eigenvalue weighted by Crippen LogP contribution is -2.30. The van der Waals surface area contributed by atoms with Crippen LogP contribution in [0, 0.1) is 0 Å². The molecule has 1 atom stereocenters. The number of ether oxygens (including phenoxy) is 3. The van der Waals surface area contributed by atoms with Crippen LogP contribution in [0.1, 0.15) is 284 Å². The van der Waals surface area contributed by atoms with E-state index in [9.17, 15) is 14.4 Å². The molecule has 0 fully saturated rings. The van der Waals surface area contributed by atoms with Crippen molar-refractivity contribution in [3.05, 3.63) is 0 Å². The molecule has 0 bridgehead atoms. The summed E-state index contributed by atoms with van der Waals surface area (Å²) < 4.78 is 16.7. The minimum Gasteiger partial charge on any atom is -0.462 e. The summed E-state index contributed by atoms with van der Waals surface area (Å²) in [5, 5.41) is 0. The molecule has 0 saturated carbocycles. The first-order chi connectivity index (χ1) is 27.5. The quantitative estimate of drug-likeness (QED) is 0.0347. The lowest BCUT2D eigenvalue weighted by molar-refractivity contribution is -0.167. The van der Waals surface area contributed by atoms with Gasteiger partial charge in [-0.3, -0.25) is 14.4 Å². The Kier molecular flexibility index (Phi) is 44.8. The minimum absolute atomic E-state index is 0.0625. The number of rotatable bonds is 46. The highest BCUT2D eigenvalue weighted by Crippen LogP contribution is 2.16. The summed E-state index contributed by atoms with van der Waals surface area (Å²) in [5.41, 5.74) is 0. The third-order valence-corrected chi connectivity index (χ3v) is 11.4. The van der Waals surface area contributed by atoms with Gasteiger partial charge in [0, 0.05) is 19.3 Å². The molecule has 0 N–H and O–H groups in total. The molecule has 0 aliphatic rings. The summed E-state index contributed by atoms with van der Waals surface area (Å²) >= 11 is 0. The van der Waals surface area contributed by atoms with Crippen LogP contribution in [0.25, 0.3) is 0 Å². The maximum absolute atomic E-state index is 12.8. The second-order valence-electron chi connectivity index (χ2n) is 17.1. The van der Waals surface area contributed by atoms with E-state index in [2.05, 4.69) is 20.8 Å². The average Bonchev–Trinajstić information content (AvgIpc) is 3.19. The second-order valence-corrected chi connectivity index (χ2v) is 17.1. The third kappa shape index (κ3) is 43.5. The van der Waals surface area contributed by atoms with Crippen LogP contribution in [0.5, 0.6) is 0 Å². The Balaban J connectivity index is 4.23. The van der Waals surface area contributed by atoms with Crippen LogP contribution >= 0.6 is 0 Å². The number of unbranched alkanes of at least 4 members (excludes halogenated alkanes) is 35. The van der Waals surface area contributed by atoms with Gasteiger partial charge in [-0.25, -0.2) is 0 Å². The summed E-state index contributed by atoms with van der Waals surface area (Å²) in [4.78, 5) is 37.8. The van der Waals surface area contributed by atoms with Crippen LogP contribution in [0.3, 0.4) is 0 Å². The van der Waals surface area contributed by atoms with Crippen molar-refractivity contribution in [2.45, 2.75) is 290 Å². The van der Waals surface area contributed by atoms with Gasteiger partial charge < -0.3 is 14.2 Å². The SMILES string of the molecule is CCCCCCCCCCCCCCCCCCCCC(=O)O[C@H](COC(=O)CCCCCCCCCCC)COC(=O)CCCCCCCCCCCCC. The van der Waals surface area contributed by atoms with Gasteiger partial charge in [0.15, 0.2) is 6.10 Å². The van der Waals surface area contributed by atoms with Crippen LogP contribution in [-0.4, -0.2) is 37.2 Å². The molecule has 0 heterocycles. The second kappa shape index (κ2) is 46.1. The molecule has 6 nitrogen and oxygen atoms in total. The standard InChI is InChI=1S/C50H96O6/c1-4-7-10-13-16-19-21-22-23-24-25-26-27-29-32-35-38-41-44-50(53)56-47(45-54-48(51)42-39-36-33-30-18-15-12-9-6-3)46-55-49(52)43-40-37-34-31-28-20-17-14-11-8-5-2/h47H,4-46H2,1-3H3/t47-/m1/s1. The van der Waals surface area contributed by atoms with Crippen LogP contribution in [0.2, 0.25) is 0 Å². The zero-order chi connectivity index (χ0) is 40.8. The molecule has 0 aliphatic heterocycles. The Labute approximate surface area is 348 Å². The van der Waals surface area contributed by atoms with Gasteiger partial charge in [0.05, 0.1) is 0 Å². The van der Waals surface area contributed by atoms with E-state index in [4.69, 9.17) is 14.2 Å². The Bertz CT molecular complexity index is 828. The van der Waals surface area contributed by atoms with Crippen LogP contribution in [0.15, 0.2) is 0 Å². The first kappa shape index (κ1) is 54.4. The lowest BCUT2D eigenvalue weighted by Gasteiger charge is -2.18. The molecule has 0 spiro atoms. The third-order valence-electron chi connectivity index (χ3n) is 11.4. The van der Waals surface area contributed by atoms with Gasteiger partial charge in [0.25, 0.3) is 0 Å². The summed E-state index contributed by atoms with van der Waals surface area (Å²) in [6.45, 7) is 6.65.